The maximum atomic E-state index is 5.25. The molecule has 2 N–H and O–H groups in total. The molecule has 0 aliphatic rings. The summed E-state index contributed by atoms with van der Waals surface area (Å²) >= 11 is 1.83. The van der Waals surface area contributed by atoms with Gasteiger partial charge in [0.25, 0.3) is 0 Å². The topological polar surface area (TPSA) is 48.9 Å². The molecule has 5 nitrogen and oxygen atoms in total. The summed E-state index contributed by atoms with van der Waals surface area (Å²) in [5.74, 6) is 1.74. The quantitative estimate of drug-likeness (QED) is 0.520. The Morgan fingerprint density at radius 2 is 1.88 bits per heavy atom. The third-order valence-electron chi connectivity index (χ3n) is 4.10. The van der Waals surface area contributed by atoms with Crippen molar-refractivity contribution >= 4 is 17.7 Å². The number of methoxy groups -OCH3 is 1. The van der Waals surface area contributed by atoms with Crippen LogP contribution in [-0.4, -0.2) is 62.7 Å². The van der Waals surface area contributed by atoms with Crippen LogP contribution in [0.4, 0.5) is 0 Å². The lowest BCUT2D eigenvalue weighted by Gasteiger charge is -2.26. The summed E-state index contributed by atoms with van der Waals surface area (Å²) in [4.78, 5) is 6.96. The van der Waals surface area contributed by atoms with E-state index in [0.717, 1.165) is 31.3 Å². The molecule has 6 heteroatoms. The smallest absolute Gasteiger partial charge is 0.191 e. The first-order valence-electron chi connectivity index (χ1n) is 8.70. The van der Waals surface area contributed by atoms with Crippen molar-refractivity contribution in [3.05, 3.63) is 29.8 Å². The third kappa shape index (κ3) is 7.57. The van der Waals surface area contributed by atoms with Crippen molar-refractivity contribution in [2.75, 3.05) is 47.1 Å². The van der Waals surface area contributed by atoms with Crippen LogP contribution in [0.1, 0.15) is 32.4 Å². The van der Waals surface area contributed by atoms with Crippen molar-refractivity contribution < 1.29 is 4.74 Å². The molecule has 0 saturated carbocycles. The van der Waals surface area contributed by atoms with Crippen LogP contribution in [0.25, 0.3) is 0 Å². The SMILES string of the molecule is CCNC(=NCC(C)(C)SC)NCC(c1ccc(OC)cc1)N(C)C. The van der Waals surface area contributed by atoms with Crippen LogP contribution < -0.4 is 15.4 Å². The Bertz CT molecular complexity index is 529. The molecule has 25 heavy (non-hydrogen) atoms. The molecule has 1 aromatic rings. The molecular weight excluding hydrogens is 332 g/mol. The number of nitrogens with one attached hydrogen (secondary N) is 2. The highest BCUT2D eigenvalue weighted by molar-refractivity contribution is 7.99. The lowest BCUT2D eigenvalue weighted by Crippen LogP contribution is -2.42. The summed E-state index contributed by atoms with van der Waals surface area (Å²) < 4.78 is 5.39. The lowest BCUT2D eigenvalue weighted by molar-refractivity contribution is 0.298. The number of hydrogen-bond donors (Lipinski definition) is 2. The number of ether oxygens (including phenoxy) is 1. The fraction of sp³-hybridized carbons (Fsp3) is 0.632. The van der Waals surface area contributed by atoms with Crippen molar-refractivity contribution in [3.63, 3.8) is 0 Å². The number of hydrogen-bond acceptors (Lipinski definition) is 4. The van der Waals surface area contributed by atoms with E-state index in [9.17, 15) is 0 Å². The predicted molar refractivity (Wildman–Crippen MR) is 111 cm³/mol. The molecule has 1 aromatic carbocycles. The van der Waals surface area contributed by atoms with Gasteiger partial charge in [0.1, 0.15) is 5.75 Å². The van der Waals surface area contributed by atoms with E-state index in [4.69, 9.17) is 9.73 Å². The first-order valence-corrected chi connectivity index (χ1v) is 9.93. The molecule has 142 valence electrons. The van der Waals surface area contributed by atoms with Crippen molar-refractivity contribution in [2.45, 2.75) is 31.6 Å². The molecule has 0 fully saturated rings. The van der Waals surface area contributed by atoms with Gasteiger partial charge in [-0.2, -0.15) is 11.8 Å². The van der Waals surface area contributed by atoms with Gasteiger partial charge in [-0.05, 0) is 58.8 Å². The summed E-state index contributed by atoms with van der Waals surface area (Å²) in [5, 5.41) is 6.82. The van der Waals surface area contributed by atoms with Crippen molar-refractivity contribution in [3.8, 4) is 5.75 Å². The summed E-state index contributed by atoms with van der Waals surface area (Å²) in [6.07, 6.45) is 2.13. The Kier molecular flexibility index (Phi) is 9.14. The van der Waals surface area contributed by atoms with E-state index >= 15 is 0 Å². The summed E-state index contributed by atoms with van der Waals surface area (Å²) in [6.45, 7) is 8.92. The van der Waals surface area contributed by atoms with Crippen LogP contribution in [0.2, 0.25) is 0 Å². The van der Waals surface area contributed by atoms with Crippen LogP contribution in [0.15, 0.2) is 29.3 Å². The van der Waals surface area contributed by atoms with Crippen LogP contribution in [0.3, 0.4) is 0 Å². The van der Waals surface area contributed by atoms with Gasteiger partial charge in [-0.3, -0.25) is 4.99 Å². The minimum Gasteiger partial charge on any atom is -0.497 e. The first-order chi connectivity index (χ1) is 11.8. The highest BCUT2D eigenvalue weighted by atomic mass is 32.2. The van der Waals surface area contributed by atoms with Gasteiger partial charge in [-0.1, -0.05) is 12.1 Å². The van der Waals surface area contributed by atoms with Gasteiger partial charge in [0, 0.05) is 17.8 Å². The number of nitrogens with zero attached hydrogens (tertiary/aromatic N) is 2. The molecule has 0 saturated heterocycles. The predicted octanol–water partition coefficient (Wildman–Crippen LogP) is 2.99. The van der Waals surface area contributed by atoms with Gasteiger partial charge < -0.3 is 20.3 Å². The fourth-order valence-electron chi connectivity index (χ4n) is 2.29. The molecule has 0 bridgehead atoms. The first kappa shape index (κ1) is 21.6. The third-order valence-corrected chi connectivity index (χ3v) is 5.34. The number of benzene rings is 1. The minimum atomic E-state index is 0.138. The normalized spacial score (nSPS) is 13.7. The van der Waals surface area contributed by atoms with Gasteiger partial charge in [-0.15, -0.1) is 0 Å². The monoisotopic (exact) mass is 366 g/mol. The number of guanidine groups is 1. The lowest BCUT2D eigenvalue weighted by atomic mass is 10.1. The molecule has 1 unspecified atom stereocenters. The van der Waals surface area contributed by atoms with Crippen LogP contribution in [0.5, 0.6) is 5.75 Å². The zero-order valence-electron chi connectivity index (χ0n) is 16.7. The van der Waals surface area contributed by atoms with E-state index in [-0.39, 0.29) is 10.8 Å². The molecule has 0 aliphatic carbocycles. The van der Waals surface area contributed by atoms with Crippen molar-refractivity contribution in [1.29, 1.82) is 0 Å². The second-order valence-electron chi connectivity index (χ2n) is 6.79. The summed E-state index contributed by atoms with van der Waals surface area (Å²) in [5.41, 5.74) is 1.25. The molecule has 1 rings (SSSR count). The Hall–Kier alpha value is -1.40. The second kappa shape index (κ2) is 10.6. The van der Waals surface area contributed by atoms with E-state index in [1.54, 1.807) is 7.11 Å². The van der Waals surface area contributed by atoms with E-state index in [1.807, 2.05) is 23.9 Å². The van der Waals surface area contributed by atoms with E-state index in [0.29, 0.717) is 0 Å². The number of aliphatic imine (C=N–C) groups is 1. The Labute approximate surface area is 157 Å². The van der Waals surface area contributed by atoms with Crippen molar-refractivity contribution in [2.24, 2.45) is 4.99 Å². The fourth-order valence-corrected chi connectivity index (χ4v) is 2.49. The maximum absolute atomic E-state index is 5.25. The summed E-state index contributed by atoms with van der Waals surface area (Å²) in [7, 11) is 5.88. The van der Waals surface area contributed by atoms with Gasteiger partial charge >= 0.3 is 0 Å². The maximum Gasteiger partial charge on any atom is 0.191 e. The molecule has 0 spiro atoms. The molecule has 0 amide bonds. The zero-order valence-corrected chi connectivity index (χ0v) is 17.5. The second-order valence-corrected chi connectivity index (χ2v) is 8.31. The highest BCUT2D eigenvalue weighted by Gasteiger charge is 2.17. The molecule has 0 heterocycles. The minimum absolute atomic E-state index is 0.138. The molecule has 0 radical (unpaired) electrons. The average Bonchev–Trinajstić information content (AvgIpc) is 2.60. The molecule has 0 aromatic heterocycles. The number of likely N-dealkylation sites (N-methyl/N-ethyl adjacent to an activating group) is 1. The summed E-state index contributed by atoms with van der Waals surface area (Å²) in [6, 6.07) is 8.50. The standard InChI is InChI=1S/C19H34N4OS/c1-8-20-18(22-14-19(2,3)25-7)21-13-17(23(4)5)15-9-11-16(24-6)12-10-15/h9-12,17H,8,13-14H2,1-7H3,(H2,20,21,22). The number of thioether (sulfide) groups is 1. The van der Waals surface area contributed by atoms with Crippen molar-refractivity contribution in [1.82, 2.24) is 15.5 Å². The van der Waals surface area contributed by atoms with E-state index < -0.39 is 0 Å². The Morgan fingerprint density at radius 3 is 2.36 bits per heavy atom. The molecule has 1 atom stereocenters. The Balaban J connectivity index is 2.79. The zero-order chi connectivity index (χ0) is 18.9. The van der Waals surface area contributed by atoms with Gasteiger partial charge in [-0.25, -0.2) is 0 Å². The van der Waals surface area contributed by atoms with Crippen LogP contribution in [-0.2, 0) is 0 Å². The van der Waals surface area contributed by atoms with E-state index in [2.05, 4.69) is 68.8 Å². The Morgan fingerprint density at radius 1 is 1.24 bits per heavy atom. The van der Waals surface area contributed by atoms with E-state index in [1.165, 1.54) is 5.56 Å². The highest BCUT2D eigenvalue weighted by Crippen LogP contribution is 2.22. The molecule has 0 aliphatic heterocycles. The van der Waals surface area contributed by atoms with Gasteiger partial charge in [0.2, 0.25) is 0 Å². The van der Waals surface area contributed by atoms with Gasteiger partial charge in [0.05, 0.1) is 19.7 Å². The number of rotatable bonds is 9. The van der Waals surface area contributed by atoms with Crippen LogP contribution >= 0.6 is 11.8 Å². The van der Waals surface area contributed by atoms with Gasteiger partial charge in [0.15, 0.2) is 5.96 Å². The van der Waals surface area contributed by atoms with Crippen LogP contribution in [0, 0.1) is 0 Å². The average molecular weight is 367 g/mol. The molecular formula is C19H34N4OS. The largest absolute Gasteiger partial charge is 0.497 e.